The van der Waals surface area contributed by atoms with Gasteiger partial charge in [0.2, 0.25) is 0 Å². The van der Waals surface area contributed by atoms with Gasteiger partial charge in [0.25, 0.3) is 0 Å². The summed E-state index contributed by atoms with van der Waals surface area (Å²) >= 11 is 0. The van der Waals surface area contributed by atoms with Crippen LogP contribution in [-0.2, 0) is 0 Å². The summed E-state index contributed by atoms with van der Waals surface area (Å²) in [6.07, 6.45) is 3.77. The highest BCUT2D eigenvalue weighted by Crippen LogP contribution is 2.05. The standard InChI is InChI=1S/C14H12/c1-3-6-12-9-10-13-7-4-5-8-14(13)11(12)2/h3-10H,1-2H2/b12-6-. The van der Waals surface area contributed by atoms with Crippen molar-refractivity contribution in [1.82, 2.24) is 0 Å². The molecule has 0 saturated heterocycles. The van der Waals surface area contributed by atoms with Crippen LogP contribution in [0.5, 0.6) is 0 Å². The lowest BCUT2D eigenvalue weighted by atomic mass is 10.1. The van der Waals surface area contributed by atoms with E-state index in [1.165, 1.54) is 10.8 Å². The molecule has 0 unspecified atom stereocenters. The van der Waals surface area contributed by atoms with Gasteiger partial charge in [0.05, 0.1) is 0 Å². The maximum absolute atomic E-state index is 4.09. The second-order valence-corrected chi connectivity index (χ2v) is 3.26. The fraction of sp³-hybridized carbons (Fsp3) is 0. The summed E-state index contributed by atoms with van der Waals surface area (Å²) in [6, 6.07) is 12.5. The van der Waals surface area contributed by atoms with Crippen molar-refractivity contribution in [2.45, 2.75) is 0 Å². The van der Waals surface area contributed by atoms with E-state index in [2.05, 4.69) is 37.4 Å². The minimum Gasteiger partial charge on any atom is -0.0990 e. The first kappa shape index (κ1) is 8.76. The summed E-state index contributed by atoms with van der Waals surface area (Å²) in [5.74, 6) is 0. The SMILES string of the molecule is C=C/C=c1/ccc2ccccc2c1=C. The molecule has 0 saturated carbocycles. The third-order valence-electron chi connectivity index (χ3n) is 2.37. The number of hydrogen-bond acceptors (Lipinski definition) is 0. The van der Waals surface area contributed by atoms with Gasteiger partial charge in [0.1, 0.15) is 0 Å². The van der Waals surface area contributed by atoms with Crippen molar-refractivity contribution in [3.8, 4) is 0 Å². The van der Waals surface area contributed by atoms with Crippen molar-refractivity contribution in [2.24, 2.45) is 0 Å². The summed E-state index contributed by atoms with van der Waals surface area (Å²) in [5.41, 5.74) is 0. The van der Waals surface area contributed by atoms with Crippen molar-refractivity contribution >= 4 is 23.4 Å². The van der Waals surface area contributed by atoms with Crippen molar-refractivity contribution < 1.29 is 0 Å². The zero-order valence-corrected chi connectivity index (χ0v) is 8.03. The highest BCUT2D eigenvalue weighted by atomic mass is 14.0. The maximum Gasteiger partial charge on any atom is -0.0111 e. The van der Waals surface area contributed by atoms with E-state index < -0.39 is 0 Å². The lowest BCUT2D eigenvalue weighted by molar-refractivity contribution is 1.59. The summed E-state index contributed by atoms with van der Waals surface area (Å²) in [4.78, 5) is 0. The highest BCUT2D eigenvalue weighted by molar-refractivity contribution is 5.83. The molecule has 0 aromatic heterocycles. The smallest absolute Gasteiger partial charge is 0.0111 e. The maximum atomic E-state index is 4.09. The molecule has 0 aliphatic heterocycles. The fourth-order valence-corrected chi connectivity index (χ4v) is 1.64. The molecule has 0 radical (unpaired) electrons. The Morgan fingerprint density at radius 3 is 2.57 bits per heavy atom. The first-order chi connectivity index (χ1) is 6.83. The molecule has 0 heteroatoms. The molecule has 0 amide bonds. The molecular weight excluding hydrogens is 168 g/mol. The average molecular weight is 180 g/mol. The van der Waals surface area contributed by atoms with E-state index in [9.17, 15) is 0 Å². The second kappa shape index (κ2) is 3.51. The van der Waals surface area contributed by atoms with Crippen LogP contribution in [0.4, 0.5) is 0 Å². The molecule has 0 aliphatic rings. The molecule has 0 aliphatic carbocycles. The van der Waals surface area contributed by atoms with E-state index in [1.807, 2.05) is 18.2 Å². The molecule has 68 valence electrons. The third-order valence-corrected chi connectivity index (χ3v) is 2.37. The Morgan fingerprint density at radius 1 is 1.00 bits per heavy atom. The van der Waals surface area contributed by atoms with Crippen LogP contribution in [0.1, 0.15) is 0 Å². The zero-order valence-electron chi connectivity index (χ0n) is 8.03. The third kappa shape index (κ3) is 1.35. The van der Waals surface area contributed by atoms with Crippen LogP contribution in [-0.4, -0.2) is 0 Å². The fourth-order valence-electron chi connectivity index (χ4n) is 1.64. The normalized spacial score (nSPS) is 11.9. The molecule has 0 heterocycles. The molecule has 0 bridgehead atoms. The second-order valence-electron chi connectivity index (χ2n) is 3.26. The van der Waals surface area contributed by atoms with E-state index in [-0.39, 0.29) is 0 Å². The van der Waals surface area contributed by atoms with Crippen molar-refractivity contribution in [3.63, 3.8) is 0 Å². The Labute approximate surface area is 83.5 Å². The van der Waals surface area contributed by atoms with E-state index in [0.29, 0.717) is 0 Å². The minimum absolute atomic E-state index is 1.07. The van der Waals surface area contributed by atoms with Gasteiger partial charge in [0.15, 0.2) is 0 Å². The summed E-state index contributed by atoms with van der Waals surface area (Å²) < 4.78 is 0. The van der Waals surface area contributed by atoms with Crippen LogP contribution in [0, 0.1) is 0 Å². The largest absolute Gasteiger partial charge is 0.0990 e. The van der Waals surface area contributed by atoms with Gasteiger partial charge in [-0.2, -0.15) is 0 Å². The predicted molar refractivity (Wildman–Crippen MR) is 63.4 cm³/mol. The highest BCUT2D eigenvalue weighted by Gasteiger charge is 1.92. The Kier molecular flexibility index (Phi) is 2.19. The van der Waals surface area contributed by atoms with Gasteiger partial charge in [-0.05, 0) is 21.2 Å². The molecule has 2 aromatic rings. The van der Waals surface area contributed by atoms with Gasteiger partial charge >= 0.3 is 0 Å². The monoisotopic (exact) mass is 180 g/mol. The van der Waals surface area contributed by atoms with Gasteiger partial charge in [-0.3, -0.25) is 0 Å². The van der Waals surface area contributed by atoms with Crippen LogP contribution < -0.4 is 10.4 Å². The van der Waals surface area contributed by atoms with E-state index in [0.717, 1.165) is 10.4 Å². The Hall–Kier alpha value is -1.82. The first-order valence-electron chi connectivity index (χ1n) is 4.62. The molecular formula is C14H12. The quantitative estimate of drug-likeness (QED) is 0.631. The van der Waals surface area contributed by atoms with Gasteiger partial charge in [-0.1, -0.05) is 61.7 Å². The van der Waals surface area contributed by atoms with E-state index in [4.69, 9.17) is 0 Å². The number of allylic oxidation sites excluding steroid dienone is 1. The Bertz CT molecular complexity index is 577. The molecule has 2 aromatic carbocycles. The number of benzene rings is 2. The van der Waals surface area contributed by atoms with Gasteiger partial charge in [-0.15, -0.1) is 0 Å². The van der Waals surface area contributed by atoms with Crippen LogP contribution in [0.15, 0.2) is 49.1 Å². The van der Waals surface area contributed by atoms with Crippen LogP contribution >= 0.6 is 0 Å². The topological polar surface area (TPSA) is 0 Å². The van der Waals surface area contributed by atoms with Crippen LogP contribution in [0.2, 0.25) is 0 Å². The molecule has 0 N–H and O–H groups in total. The average Bonchev–Trinajstić information content (AvgIpc) is 2.23. The summed E-state index contributed by atoms with van der Waals surface area (Å²) in [5, 5.41) is 4.66. The van der Waals surface area contributed by atoms with Crippen molar-refractivity contribution in [1.29, 1.82) is 0 Å². The molecule has 14 heavy (non-hydrogen) atoms. The molecule has 0 fully saturated rings. The first-order valence-corrected chi connectivity index (χ1v) is 4.62. The summed E-state index contributed by atoms with van der Waals surface area (Å²) in [7, 11) is 0. The lowest BCUT2D eigenvalue weighted by Crippen LogP contribution is -2.22. The lowest BCUT2D eigenvalue weighted by Gasteiger charge is -1.97. The molecule has 2 rings (SSSR count). The van der Waals surface area contributed by atoms with Crippen LogP contribution in [0.3, 0.4) is 0 Å². The number of rotatable bonds is 1. The predicted octanol–water partition coefficient (Wildman–Crippen LogP) is 2.22. The Morgan fingerprint density at radius 2 is 1.79 bits per heavy atom. The summed E-state index contributed by atoms with van der Waals surface area (Å²) in [6.45, 7) is 7.78. The molecule has 0 spiro atoms. The Balaban J connectivity index is 2.96. The zero-order chi connectivity index (χ0) is 9.97. The molecule has 0 nitrogen and oxygen atoms in total. The van der Waals surface area contributed by atoms with Crippen LogP contribution in [0.25, 0.3) is 23.4 Å². The van der Waals surface area contributed by atoms with E-state index >= 15 is 0 Å². The van der Waals surface area contributed by atoms with Gasteiger partial charge in [0, 0.05) is 0 Å². The van der Waals surface area contributed by atoms with Gasteiger partial charge < -0.3 is 0 Å². The molecule has 0 atom stereocenters. The van der Waals surface area contributed by atoms with Gasteiger partial charge in [-0.25, -0.2) is 0 Å². The van der Waals surface area contributed by atoms with E-state index in [1.54, 1.807) is 6.08 Å². The minimum atomic E-state index is 1.07. The number of hydrogen-bond donors (Lipinski definition) is 0. The van der Waals surface area contributed by atoms with Crippen molar-refractivity contribution in [2.75, 3.05) is 0 Å². The van der Waals surface area contributed by atoms with Crippen molar-refractivity contribution in [3.05, 3.63) is 59.5 Å². The number of fused-ring (bicyclic) bond motifs is 1.